The molecule has 0 amide bonds. The maximum absolute atomic E-state index is 2.89. The summed E-state index contributed by atoms with van der Waals surface area (Å²) in [7, 11) is -2.89. The molecule has 3 aromatic carbocycles. The molecule has 1 heteroatoms. The zero-order chi connectivity index (χ0) is 46.0. The van der Waals surface area contributed by atoms with Gasteiger partial charge < -0.3 is 0 Å². The van der Waals surface area contributed by atoms with E-state index in [0.717, 1.165) is 6.42 Å². The van der Waals surface area contributed by atoms with Crippen molar-refractivity contribution in [2.45, 2.75) is 261 Å². The molecule has 1 aliphatic carbocycles. The second-order valence-corrected chi connectivity index (χ2v) is 25.2. The van der Waals surface area contributed by atoms with Crippen LogP contribution in [0.25, 0.3) is 0 Å². The standard InChI is InChI=1S/C63H100Si/c1-10-16-22-28-35-52-43-53(36-29-23-17-11-2)47-58(46-52)64(62-42-34-41-61(62)63(7,8)9,59-48-54(37-30-24-18-12-3)44-55(49-59)38-31-25-19-13-4)60-50-56(39-32-26-20-14-5)45-57(51-60)40-33-27-21-15-6/h41-51H,10-40H2,1-9H3. The van der Waals surface area contributed by atoms with E-state index >= 15 is 0 Å². The summed E-state index contributed by atoms with van der Waals surface area (Å²) in [6.45, 7) is 21.7. The van der Waals surface area contributed by atoms with Crippen LogP contribution in [0.2, 0.25) is 0 Å². The number of aryl methyl sites for hydroxylation is 6. The highest BCUT2D eigenvalue weighted by molar-refractivity contribution is 7.16. The molecule has 0 unspecified atom stereocenters. The van der Waals surface area contributed by atoms with Crippen LogP contribution in [-0.4, -0.2) is 8.07 Å². The van der Waals surface area contributed by atoms with Crippen molar-refractivity contribution >= 4 is 23.6 Å². The van der Waals surface area contributed by atoms with Crippen LogP contribution < -0.4 is 15.6 Å². The summed E-state index contributed by atoms with van der Waals surface area (Å²) >= 11 is 0. The molecule has 0 aromatic heterocycles. The van der Waals surface area contributed by atoms with E-state index in [2.05, 4.69) is 129 Å². The van der Waals surface area contributed by atoms with Gasteiger partial charge in [-0.05, 0) is 149 Å². The van der Waals surface area contributed by atoms with Crippen LogP contribution in [0.1, 0.15) is 256 Å². The Morgan fingerprint density at radius 3 is 0.797 bits per heavy atom. The molecule has 0 fully saturated rings. The summed E-state index contributed by atoms with van der Waals surface area (Å²) in [5, 5.41) is 6.73. The van der Waals surface area contributed by atoms with Crippen LogP contribution in [-0.2, 0) is 38.5 Å². The number of benzene rings is 3. The molecule has 0 aliphatic heterocycles. The number of hydrogen-bond acceptors (Lipinski definition) is 0. The van der Waals surface area contributed by atoms with Gasteiger partial charge in [-0.25, -0.2) is 0 Å². The molecule has 356 valence electrons. The molecule has 64 heavy (non-hydrogen) atoms. The third-order valence-corrected chi connectivity index (χ3v) is 19.3. The molecule has 1 aliphatic rings. The van der Waals surface area contributed by atoms with Gasteiger partial charge in [-0.1, -0.05) is 245 Å². The van der Waals surface area contributed by atoms with E-state index in [9.17, 15) is 0 Å². The Morgan fingerprint density at radius 2 is 0.578 bits per heavy atom. The van der Waals surface area contributed by atoms with Crippen molar-refractivity contribution in [2.75, 3.05) is 0 Å². The molecular formula is C63H100Si. The number of unbranched alkanes of at least 4 members (excludes halogenated alkanes) is 18. The molecule has 0 N–H and O–H groups in total. The first kappa shape index (κ1) is 54.0. The van der Waals surface area contributed by atoms with Crippen molar-refractivity contribution in [2.24, 2.45) is 5.41 Å². The van der Waals surface area contributed by atoms with Crippen molar-refractivity contribution in [3.8, 4) is 0 Å². The fraction of sp³-hybridized carbons (Fsp3) is 0.651. The van der Waals surface area contributed by atoms with Crippen LogP contribution in [0, 0.1) is 5.41 Å². The Hall–Kier alpha value is -2.64. The molecule has 0 atom stereocenters. The van der Waals surface area contributed by atoms with Crippen LogP contribution in [0.3, 0.4) is 0 Å². The fourth-order valence-corrected chi connectivity index (χ4v) is 16.5. The Kier molecular flexibility index (Phi) is 25.2. The third kappa shape index (κ3) is 16.9. The quantitative estimate of drug-likeness (QED) is 0.0318. The van der Waals surface area contributed by atoms with E-state index in [1.807, 2.05) is 0 Å². The van der Waals surface area contributed by atoms with E-state index < -0.39 is 8.07 Å². The fourth-order valence-electron chi connectivity index (χ4n) is 10.9. The topological polar surface area (TPSA) is 0 Å². The summed E-state index contributed by atoms with van der Waals surface area (Å²) < 4.78 is 0. The predicted octanol–water partition coefficient (Wildman–Crippen LogP) is 17.7. The lowest BCUT2D eigenvalue weighted by molar-refractivity contribution is 0.515. The Balaban J connectivity index is 2.18. The molecule has 0 heterocycles. The van der Waals surface area contributed by atoms with Gasteiger partial charge in [0.2, 0.25) is 0 Å². The number of allylic oxidation sites excluding steroid dienone is 4. The van der Waals surface area contributed by atoms with Crippen molar-refractivity contribution in [1.82, 2.24) is 0 Å². The molecule has 0 nitrogen and oxygen atoms in total. The van der Waals surface area contributed by atoms with Crippen molar-refractivity contribution < 1.29 is 0 Å². The Labute approximate surface area is 399 Å². The Morgan fingerprint density at radius 1 is 0.328 bits per heavy atom. The monoisotopic (exact) mass is 885 g/mol. The van der Waals surface area contributed by atoms with Gasteiger partial charge in [0.1, 0.15) is 0 Å². The minimum Gasteiger partial charge on any atom is -0.0801 e. The van der Waals surface area contributed by atoms with Gasteiger partial charge in [-0.2, -0.15) is 0 Å². The predicted molar refractivity (Wildman–Crippen MR) is 291 cm³/mol. The van der Waals surface area contributed by atoms with Gasteiger partial charge in [0.05, 0.1) is 0 Å². The number of hydrogen-bond donors (Lipinski definition) is 0. The average Bonchev–Trinajstić information content (AvgIpc) is 3.79. The van der Waals surface area contributed by atoms with Crippen molar-refractivity contribution in [3.63, 3.8) is 0 Å². The highest BCUT2D eigenvalue weighted by Gasteiger charge is 2.47. The molecular weight excluding hydrogens is 785 g/mol. The lowest BCUT2D eigenvalue weighted by Gasteiger charge is -2.41. The summed E-state index contributed by atoms with van der Waals surface area (Å²) in [6, 6.07) is 24.8. The van der Waals surface area contributed by atoms with E-state index in [0.29, 0.717) is 0 Å². The van der Waals surface area contributed by atoms with Crippen LogP contribution in [0.15, 0.2) is 77.5 Å². The number of rotatable bonds is 34. The molecule has 0 radical (unpaired) electrons. The van der Waals surface area contributed by atoms with E-state index in [1.54, 1.807) is 59.7 Å². The first-order valence-corrected chi connectivity index (χ1v) is 30.0. The lowest BCUT2D eigenvalue weighted by Crippen LogP contribution is -2.69. The molecule has 3 aromatic rings. The molecule has 0 spiro atoms. The highest BCUT2D eigenvalue weighted by Crippen LogP contribution is 2.40. The van der Waals surface area contributed by atoms with Gasteiger partial charge in [0.15, 0.2) is 8.07 Å². The second-order valence-electron chi connectivity index (χ2n) is 21.4. The average molecular weight is 886 g/mol. The first-order chi connectivity index (χ1) is 31.1. The normalized spacial score (nSPS) is 13.2. The van der Waals surface area contributed by atoms with Gasteiger partial charge in [0.25, 0.3) is 0 Å². The van der Waals surface area contributed by atoms with Gasteiger partial charge in [-0.3, -0.25) is 0 Å². The third-order valence-electron chi connectivity index (χ3n) is 14.5. The molecule has 0 bridgehead atoms. The smallest absolute Gasteiger partial charge is 0.0801 e. The summed E-state index contributed by atoms with van der Waals surface area (Å²) in [5.74, 6) is 0. The molecule has 0 saturated carbocycles. The van der Waals surface area contributed by atoms with Crippen molar-refractivity contribution in [1.29, 1.82) is 0 Å². The zero-order valence-corrected chi connectivity index (χ0v) is 44.8. The Bertz CT molecular complexity index is 1550. The van der Waals surface area contributed by atoms with Crippen molar-refractivity contribution in [3.05, 3.63) is 111 Å². The maximum atomic E-state index is 2.80. The van der Waals surface area contributed by atoms with Crippen LogP contribution in [0.4, 0.5) is 0 Å². The first-order valence-electron chi connectivity index (χ1n) is 28.0. The summed E-state index contributed by atoms with van der Waals surface area (Å²) in [5.41, 5.74) is 11.3. The zero-order valence-electron chi connectivity index (χ0n) is 43.8. The summed E-state index contributed by atoms with van der Waals surface area (Å²) in [6.07, 6.45) is 45.2. The van der Waals surface area contributed by atoms with E-state index in [1.165, 1.54) is 193 Å². The minimum absolute atomic E-state index is 0.0584. The largest absolute Gasteiger partial charge is 0.179 e. The van der Waals surface area contributed by atoms with Crippen LogP contribution >= 0.6 is 0 Å². The minimum atomic E-state index is -2.89. The van der Waals surface area contributed by atoms with Gasteiger partial charge in [-0.15, -0.1) is 0 Å². The van der Waals surface area contributed by atoms with E-state index in [4.69, 9.17) is 0 Å². The molecule has 0 saturated heterocycles. The lowest BCUT2D eigenvalue weighted by atomic mass is 9.87. The maximum Gasteiger partial charge on any atom is 0.179 e. The van der Waals surface area contributed by atoms with E-state index in [-0.39, 0.29) is 5.41 Å². The van der Waals surface area contributed by atoms with Crippen LogP contribution in [0.5, 0.6) is 0 Å². The summed E-state index contributed by atoms with van der Waals surface area (Å²) in [4.78, 5) is 0. The molecule has 4 rings (SSSR count). The highest BCUT2D eigenvalue weighted by atomic mass is 28.3. The SMILES string of the molecule is CCCCCCc1cc(CCCCCC)cc([Si](C2=CCC=C2C(C)(C)C)(c2cc(CCCCCC)cc(CCCCCC)c2)c2cc(CCCCCC)cc(CCCCCC)c2)c1. The van der Waals surface area contributed by atoms with Gasteiger partial charge >= 0.3 is 0 Å². The van der Waals surface area contributed by atoms with Gasteiger partial charge in [0, 0.05) is 0 Å². The second kappa shape index (κ2) is 29.9.